The normalized spacial score (nSPS) is 11.8. The molecule has 1 heterocycles. The SMILES string of the molecule is CCCCN(C)S(=O)(=O)c1ccc(C(=O)N(CCN(CC)CC)c2nc3ccc(Cl)cc3s2)cc1.Cl. The molecule has 0 N–H and O–H groups in total. The summed E-state index contributed by atoms with van der Waals surface area (Å²) in [5.41, 5.74) is 1.20. The lowest BCUT2D eigenvalue weighted by Gasteiger charge is -2.25. The number of thiazole rings is 1. The molecule has 0 saturated heterocycles. The molecule has 0 saturated carbocycles. The van der Waals surface area contributed by atoms with Crippen LogP contribution in [0.5, 0.6) is 0 Å². The maximum absolute atomic E-state index is 13.6. The first kappa shape index (κ1) is 30.5. The van der Waals surface area contributed by atoms with E-state index >= 15 is 0 Å². The molecule has 11 heteroatoms. The van der Waals surface area contributed by atoms with Gasteiger partial charge in [-0.25, -0.2) is 17.7 Å². The number of halogens is 2. The van der Waals surface area contributed by atoms with Gasteiger partial charge in [-0.15, -0.1) is 12.4 Å². The largest absolute Gasteiger partial charge is 0.302 e. The van der Waals surface area contributed by atoms with E-state index in [4.69, 9.17) is 11.6 Å². The van der Waals surface area contributed by atoms with Crippen LogP contribution in [0, 0.1) is 0 Å². The first-order valence-corrected chi connectivity index (χ1v) is 14.5. The van der Waals surface area contributed by atoms with Gasteiger partial charge in [-0.3, -0.25) is 9.69 Å². The van der Waals surface area contributed by atoms with Gasteiger partial charge in [0.2, 0.25) is 10.0 Å². The third kappa shape index (κ3) is 7.18. The second kappa shape index (κ2) is 13.7. The van der Waals surface area contributed by atoms with Crippen LogP contribution in [0.4, 0.5) is 5.13 Å². The second-order valence-electron chi connectivity index (χ2n) is 8.30. The first-order chi connectivity index (χ1) is 16.7. The van der Waals surface area contributed by atoms with Crippen molar-refractivity contribution in [3.63, 3.8) is 0 Å². The number of unbranched alkanes of at least 4 members (excludes halogenated alkanes) is 1. The molecule has 0 fully saturated rings. The Bertz CT molecular complexity index is 1250. The van der Waals surface area contributed by atoms with Gasteiger partial charge in [0, 0.05) is 37.3 Å². The Morgan fingerprint density at radius 1 is 1.00 bits per heavy atom. The Morgan fingerprint density at radius 3 is 2.28 bits per heavy atom. The lowest BCUT2D eigenvalue weighted by atomic mass is 10.2. The summed E-state index contributed by atoms with van der Waals surface area (Å²) in [7, 11) is -2.02. The van der Waals surface area contributed by atoms with E-state index in [1.54, 1.807) is 30.1 Å². The molecule has 2 aromatic carbocycles. The summed E-state index contributed by atoms with van der Waals surface area (Å²) in [5, 5.41) is 1.21. The average molecular weight is 574 g/mol. The van der Waals surface area contributed by atoms with Crippen LogP contribution >= 0.6 is 35.3 Å². The molecule has 7 nitrogen and oxygen atoms in total. The van der Waals surface area contributed by atoms with Crippen molar-refractivity contribution in [1.29, 1.82) is 0 Å². The predicted octanol–water partition coefficient (Wildman–Crippen LogP) is 5.78. The van der Waals surface area contributed by atoms with E-state index in [-0.39, 0.29) is 23.2 Å². The Kier molecular flexibility index (Phi) is 11.6. The number of amides is 1. The Hall–Kier alpha value is -1.75. The van der Waals surface area contributed by atoms with Crippen LogP contribution in [-0.2, 0) is 10.0 Å². The number of sulfonamides is 1. The summed E-state index contributed by atoms with van der Waals surface area (Å²) in [4.78, 5) is 22.4. The van der Waals surface area contributed by atoms with Gasteiger partial charge in [-0.2, -0.15) is 0 Å². The van der Waals surface area contributed by atoms with Gasteiger partial charge in [0.15, 0.2) is 5.13 Å². The lowest BCUT2D eigenvalue weighted by molar-refractivity contribution is 0.0983. The highest BCUT2D eigenvalue weighted by atomic mass is 35.5. The molecule has 0 atom stereocenters. The molecule has 36 heavy (non-hydrogen) atoms. The summed E-state index contributed by atoms with van der Waals surface area (Å²) in [6, 6.07) is 11.7. The van der Waals surface area contributed by atoms with E-state index in [1.165, 1.54) is 27.8 Å². The number of hydrogen-bond acceptors (Lipinski definition) is 6. The number of aromatic nitrogens is 1. The topological polar surface area (TPSA) is 73.8 Å². The van der Waals surface area contributed by atoms with Crippen molar-refractivity contribution < 1.29 is 13.2 Å². The fourth-order valence-corrected chi connectivity index (χ4v) is 6.15. The fourth-order valence-electron chi connectivity index (χ4n) is 3.67. The maximum Gasteiger partial charge on any atom is 0.260 e. The van der Waals surface area contributed by atoms with Crippen molar-refractivity contribution in [3.05, 3.63) is 53.1 Å². The van der Waals surface area contributed by atoms with Crippen LogP contribution in [0.2, 0.25) is 5.02 Å². The number of fused-ring (bicyclic) bond motifs is 1. The number of hydrogen-bond donors (Lipinski definition) is 0. The third-order valence-electron chi connectivity index (χ3n) is 5.99. The van der Waals surface area contributed by atoms with Gasteiger partial charge in [-0.05, 0) is 62.0 Å². The first-order valence-electron chi connectivity index (χ1n) is 11.9. The van der Waals surface area contributed by atoms with Gasteiger partial charge in [0.1, 0.15) is 0 Å². The highest BCUT2D eigenvalue weighted by molar-refractivity contribution is 7.89. The minimum absolute atomic E-state index is 0. The number of rotatable bonds is 12. The average Bonchev–Trinajstić information content (AvgIpc) is 3.27. The standard InChI is InChI=1S/C25H33ClN4O3S2.ClH/c1-5-8-15-28(4)35(32,33)21-12-9-19(10-13-21)24(31)30(17-16-29(6-2)7-3)25-27-22-14-11-20(26)18-23(22)34-25;/h9-14,18H,5-8,15-17H2,1-4H3;1H. The van der Waals surface area contributed by atoms with E-state index in [1.807, 2.05) is 19.1 Å². The van der Waals surface area contributed by atoms with Crippen molar-refractivity contribution in [2.75, 3.05) is 44.7 Å². The quantitative estimate of drug-likeness (QED) is 0.275. The number of benzene rings is 2. The number of carbonyl (C=O) groups is 1. The molecular formula is C25H34Cl2N4O3S2. The molecular weight excluding hydrogens is 539 g/mol. The van der Waals surface area contributed by atoms with Crippen LogP contribution in [0.1, 0.15) is 44.0 Å². The van der Waals surface area contributed by atoms with Gasteiger partial charge in [0.25, 0.3) is 5.91 Å². The predicted molar refractivity (Wildman–Crippen MR) is 153 cm³/mol. The van der Waals surface area contributed by atoms with E-state index < -0.39 is 10.0 Å². The van der Waals surface area contributed by atoms with Crippen LogP contribution in [0.3, 0.4) is 0 Å². The van der Waals surface area contributed by atoms with Crippen molar-refractivity contribution >= 4 is 66.6 Å². The lowest BCUT2D eigenvalue weighted by Crippen LogP contribution is -2.38. The fraction of sp³-hybridized carbons (Fsp3) is 0.440. The third-order valence-corrected chi connectivity index (χ3v) is 9.13. The minimum atomic E-state index is -3.60. The molecule has 1 amide bonds. The van der Waals surface area contributed by atoms with Crippen LogP contribution < -0.4 is 4.90 Å². The molecule has 0 aliphatic rings. The molecule has 3 aromatic rings. The van der Waals surface area contributed by atoms with Crippen molar-refractivity contribution in [2.45, 2.75) is 38.5 Å². The molecule has 1 aromatic heterocycles. The van der Waals surface area contributed by atoms with Crippen LogP contribution in [0.25, 0.3) is 10.2 Å². The van der Waals surface area contributed by atoms with Gasteiger partial charge < -0.3 is 4.90 Å². The smallest absolute Gasteiger partial charge is 0.260 e. The van der Waals surface area contributed by atoms with Crippen LogP contribution in [-0.4, -0.2) is 68.3 Å². The number of carbonyl (C=O) groups excluding carboxylic acids is 1. The molecule has 3 rings (SSSR count). The second-order valence-corrected chi connectivity index (χ2v) is 11.8. The molecule has 0 aliphatic heterocycles. The molecule has 0 aliphatic carbocycles. The van der Waals surface area contributed by atoms with Gasteiger partial charge >= 0.3 is 0 Å². The Labute approximate surface area is 229 Å². The summed E-state index contributed by atoms with van der Waals surface area (Å²) < 4.78 is 28.0. The summed E-state index contributed by atoms with van der Waals surface area (Å²) in [6.45, 7) is 9.58. The molecule has 198 valence electrons. The Morgan fingerprint density at radius 2 is 1.67 bits per heavy atom. The Balaban J connectivity index is 0.00000456. The molecule has 0 spiro atoms. The number of nitrogens with zero attached hydrogens (tertiary/aromatic N) is 4. The number of likely N-dealkylation sites (N-methyl/N-ethyl adjacent to an activating group) is 1. The van der Waals surface area contributed by atoms with Crippen molar-refractivity contribution in [2.24, 2.45) is 0 Å². The maximum atomic E-state index is 13.6. The highest BCUT2D eigenvalue weighted by Crippen LogP contribution is 2.31. The van der Waals surface area contributed by atoms with E-state index in [0.717, 1.165) is 36.1 Å². The zero-order valence-corrected chi connectivity index (χ0v) is 24.3. The summed E-state index contributed by atoms with van der Waals surface area (Å²) >= 11 is 7.56. The van der Waals surface area contributed by atoms with Gasteiger partial charge in [-0.1, -0.05) is 50.1 Å². The van der Waals surface area contributed by atoms with Gasteiger partial charge in [0.05, 0.1) is 15.1 Å². The van der Waals surface area contributed by atoms with E-state index in [9.17, 15) is 13.2 Å². The minimum Gasteiger partial charge on any atom is -0.302 e. The van der Waals surface area contributed by atoms with Crippen molar-refractivity contribution in [3.8, 4) is 0 Å². The molecule has 0 unspecified atom stereocenters. The highest BCUT2D eigenvalue weighted by Gasteiger charge is 2.24. The van der Waals surface area contributed by atoms with Crippen molar-refractivity contribution in [1.82, 2.24) is 14.2 Å². The summed E-state index contributed by atoms with van der Waals surface area (Å²) in [5.74, 6) is -0.217. The summed E-state index contributed by atoms with van der Waals surface area (Å²) in [6.07, 6.45) is 1.70. The van der Waals surface area contributed by atoms with E-state index in [2.05, 4.69) is 23.7 Å². The molecule has 0 radical (unpaired) electrons. The number of anilines is 1. The zero-order chi connectivity index (χ0) is 25.6. The zero-order valence-electron chi connectivity index (χ0n) is 21.1. The van der Waals surface area contributed by atoms with E-state index in [0.29, 0.717) is 35.4 Å². The van der Waals surface area contributed by atoms with Crippen LogP contribution in [0.15, 0.2) is 47.4 Å². The monoisotopic (exact) mass is 572 g/mol. The molecule has 0 bridgehead atoms.